The van der Waals surface area contributed by atoms with Gasteiger partial charge in [0.2, 0.25) is 0 Å². The molecule has 0 saturated carbocycles. The first-order valence-electron chi connectivity index (χ1n) is 9.30. The quantitative estimate of drug-likeness (QED) is 0.556. The van der Waals surface area contributed by atoms with Gasteiger partial charge < -0.3 is 0 Å². The average molecular weight is 436 g/mol. The summed E-state index contributed by atoms with van der Waals surface area (Å²) in [6.07, 6.45) is 0. The number of benzene rings is 3. The number of aryl methyl sites for hydroxylation is 3. The van der Waals surface area contributed by atoms with Crippen LogP contribution in [-0.2, 0) is 0 Å². The van der Waals surface area contributed by atoms with Gasteiger partial charge in [0, 0.05) is 0 Å². The number of hydrogen-bond donors (Lipinski definition) is 0. The number of hydrogen-bond acceptors (Lipinski definition) is 3. The zero-order chi connectivity index (χ0) is 20.3. The summed E-state index contributed by atoms with van der Waals surface area (Å²) < 4.78 is 21.2. The first-order valence-corrected chi connectivity index (χ1v) is 12.4. The predicted molar refractivity (Wildman–Crippen MR) is 118 cm³/mol. The SMILES string of the molecule is COc1ccc(C)c[c]1[Ge]([c]1cc(C)ccc1OC)[c]1cc(C)ccc1OC. The van der Waals surface area contributed by atoms with E-state index in [-0.39, 0.29) is 0 Å². The molecular formula is C24H27GeO3. The van der Waals surface area contributed by atoms with Gasteiger partial charge in [0.05, 0.1) is 0 Å². The van der Waals surface area contributed by atoms with Crippen molar-refractivity contribution in [3.63, 3.8) is 0 Å². The van der Waals surface area contributed by atoms with Crippen LogP contribution >= 0.6 is 0 Å². The van der Waals surface area contributed by atoms with Gasteiger partial charge >= 0.3 is 172 Å². The van der Waals surface area contributed by atoms with Crippen LogP contribution in [-0.4, -0.2) is 35.7 Å². The third-order valence-electron chi connectivity index (χ3n) is 4.87. The second-order valence-corrected chi connectivity index (χ2v) is 12.0. The molecule has 3 rings (SSSR count). The summed E-state index contributed by atoms with van der Waals surface area (Å²) >= 11 is -2.31. The Balaban J connectivity index is 2.38. The standard InChI is InChI=1S/C24H27GeO3/c1-16-7-10-22(26-4)19(13-16)25(20-14-17(2)8-11-23(20)27-5)21-15-18(3)9-12-24(21)28-6/h7-15H,1-6H3. The van der Waals surface area contributed by atoms with E-state index in [1.54, 1.807) is 21.3 Å². The zero-order valence-corrected chi connectivity index (χ0v) is 19.5. The molecule has 0 spiro atoms. The average Bonchev–Trinajstić information content (AvgIpc) is 2.69. The Labute approximate surface area is 172 Å². The molecule has 28 heavy (non-hydrogen) atoms. The summed E-state index contributed by atoms with van der Waals surface area (Å²) in [5, 5.41) is 0. The Morgan fingerprint density at radius 3 is 1.04 bits per heavy atom. The van der Waals surface area contributed by atoms with E-state index in [2.05, 4.69) is 75.4 Å². The zero-order valence-electron chi connectivity index (χ0n) is 17.4. The van der Waals surface area contributed by atoms with Crippen molar-refractivity contribution >= 4 is 27.5 Å². The summed E-state index contributed by atoms with van der Waals surface area (Å²) in [4.78, 5) is 0. The number of methoxy groups -OCH3 is 3. The molecule has 0 unspecified atom stereocenters. The van der Waals surface area contributed by atoms with Gasteiger partial charge in [-0.1, -0.05) is 0 Å². The fourth-order valence-electron chi connectivity index (χ4n) is 3.49. The van der Waals surface area contributed by atoms with Crippen molar-refractivity contribution in [1.29, 1.82) is 0 Å². The van der Waals surface area contributed by atoms with E-state index >= 15 is 0 Å². The summed E-state index contributed by atoms with van der Waals surface area (Å²) in [6.45, 7) is 6.37. The van der Waals surface area contributed by atoms with Crippen LogP contribution in [0.15, 0.2) is 54.6 Å². The van der Waals surface area contributed by atoms with E-state index < -0.39 is 14.3 Å². The molecule has 0 aliphatic heterocycles. The minimum absolute atomic E-state index is 0.924. The predicted octanol–water partition coefficient (Wildman–Crippen LogP) is 3.15. The molecule has 3 aromatic carbocycles. The third-order valence-corrected chi connectivity index (χ3v) is 10.7. The van der Waals surface area contributed by atoms with Crippen molar-refractivity contribution in [1.82, 2.24) is 0 Å². The van der Waals surface area contributed by atoms with Gasteiger partial charge in [0.15, 0.2) is 0 Å². The van der Waals surface area contributed by atoms with Crippen LogP contribution in [0.4, 0.5) is 0 Å². The van der Waals surface area contributed by atoms with Crippen molar-refractivity contribution in [2.24, 2.45) is 0 Å². The third kappa shape index (κ3) is 4.04. The monoisotopic (exact) mass is 437 g/mol. The van der Waals surface area contributed by atoms with Gasteiger partial charge in [-0.25, -0.2) is 0 Å². The molecule has 0 amide bonds. The van der Waals surface area contributed by atoms with E-state index in [4.69, 9.17) is 14.2 Å². The normalized spacial score (nSPS) is 10.8. The summed E-state index contributed by atoms with van der Waals surface area (Å²) in [5.41, 5.74) is 3.66. The van der Waals surface area contributed by atoms with Crippen LogP contribution in [0.2, 0.25) is 0 Å². The molecule has 3 nitrogen and oxygen atoms in total. The Morgan fingerprint density at radius 1 is 0.500 bits per heavy atom. The molecule has 0 atom stereocenters. The second kappa shape index (κ2) is 8.74. The molecule has 4 heteroatoms. The van der Waals surface area contributed by atoms with Crippen LogP contribution in [0.25, 0.3) is 0 Å². The molecule has 0 aliphatic rings. The molecule has 0 heterocycles. The number of rotatable bonds is 6. The van der Waals surface area contributed by atoms with Gasteiger partial charge in [0.1, 0.15) is 0 Å². The van der Waals surface area contributed by atoms with Crippen molar-refractivity contribution in [2.75, 3.05) is 21.3 Å². The fourth-order valence-corrected chi connectivity index (χ4v) is 10.4. The topological polar surface area (TPSA) is 27.7 Å². The molecule has 3 aromatic rings. The van der Waals surface area contributed by atoms with Crippen molar-refractivity contribution in [2.45, 2.75) is 20.8 Å². The molecular weight excluding hydrogens is 409 g/mol. The molecule has 0 aromatic heterocycles. The van der Waals surface area contributed by atoms with E-state index in [0.717, 1.165) is 17.2 Å². The Morgan fingerprint density at radius 2 is 0.786 bits per heavy atom. The second-order valence-electron chi connectivity index (χ2n) is 6.99. The van der Waals surface area contributed by atoms with Crippen LogP contribution in [0.3, 0.4) is 0 Å². The maximum atomic E-state index is 5.79. The van der Waals surface area contributed by atoms with Gasteiger partial charge in [-0.2, -0.15) is 0 Å². The first kappa shape index (κ1) is 20.3. The van der Waals surface area contributed by atoms with Crippen molar-refractivity contribution < 1.29 is 14.2 Å². The van der Waals surface area contributed by atoms with Crippen LogP contribution < -0.4 is 27.4 Å². The van der Waals surface area contributed by atoms with Crippen LogP contribution in [0.1, 0.15) is 16.7 Å². The molecule has 0 saturated heterocycles. The van der Waals surface area contributed by atoms with Gasteiger partial charge in [-0.05, 0) is 0 Å². The molecule has 1 radical (unpaired) electrons. The summed E-state index contributed by atoms with van der Waals surface area (Å²) in [7, 11) is 5.22. The molecule has 0 N–H and O–H groups in total. The fraction of sp³-hybridized carbons (Fsp3) is 0.250. The Bertz CT molecular complexity index is 854. The Hall–Kier alpha value is -2.40. The van der Waals surface area contributed by atoms with Gasteiger partial charge in [-0.3, -0.25) is 0 Å². The van der Waals surface area contributed by atoms with Crippen LogP contribution in [0, 0.1) is 20.8 Å². The molecule has 0 aliphatic carbocycles. The van der Waals surface area contributed by atoms with Gasteiger partial charge in [-0.15, -0.1) is 0 Å². The van der Waals surface area contributed by atoms with Crippen LogP contribution in [0.5, 0.6) is 17.2 Å². The van der Waals surface area contributed by atoms with E-state index in [9.17, 15) is 0 Å². The van der Waals surface area contributed by atoms with Crippen molar-refractivity contribution in [3.8, 4) is 17.2 Å². The maximum absolute atomic E-state index is 5.79. The minimum atomic E-state index is -2.31. The summed E-state index contributed by atoms with van der Waals surface area (Å²) in [6, 6.07) is 19.3. The first-order chi connectivity index (χ1) is 13.5. The van der Waals surface area contributed by atoms with E-state index in [1.807, 2.05) is 0 Å². The Kier molecular flexibility index (Phi) is 6.35. The molecule has 0 fully saturated rings. The molecule has 0 bridgehead atoms. The van der Waals surface area contributed by atoms with Gasteiger partial charge in [0.25, 0.3) is 0 Å². The van der Waals surface area contributed by atoms with Crippen molar-refractivity contribution in [3.05, 3.63) is 71.3 Å². The summed E-state index contributed by atoms with van der Waals surface area (Å²) in [5.74, 6) is 2.77. The molecule has 145 valence electrons. The van der Waals surface area contributed by atoms with E-state index in [0.29, 0.717) is 0 Å². The number of ether oxygens (including phenoxy) is 3. The van der Waals surface area contributed by atoms with E-state index in [1.165, 1.54) is 29.9 Å².